The van der Waals surface area contributed by atoms with Crippen LogP contribution in [-0.2, 0) is 9.53 Å². The number of aryl methyl sites for hydroxylation is 1. The van der Waals surface area contributed by atoms with Gasteiger partial charge in [0.25, 0.3) is 5.91 Å². The maximum absolute atomic E-state index is 11.8. The number of ether oxygens (including phenoxy) is 1. The molecule has 0 spiro atoms. The molecule has 1 amide bonds. The summed E-state index contributed by atoms with van der Waals surface area (Å²) in [6, 6.07) is 3.72. The molecule has 4 nitrogen and oxygen atoms in total. The van der Waals surface area contributed by atoms with Crippen LogP contribution in [0.1, 0.15) is 18.9 Å². The molecule has 0 saturated heterocycles. The Balaban J connectivity index is 2.48. The van der Waals surface area contributed by atoms with Crippen LogP contribution in [0.5, 0.6) is 0 Å². The zero-order valence-electron chi connectivity index (χ0n) is 10.3. The monoisotopic (exact) mass is 234 g/mol. The molecule has 0 radical (unpaired) electrons. The molecule has 1 N–H and O–H groups in total. The second-order valence-electron chi connectivity index (χ2n) is 3.75. The Morgan fingerprint density at radius 3 is 3.12 bits per heavy atom. The molecule has 0 fully saturated rings. The van der Waals surface area contributed by atoms with Gasteiger partial charge in [0.2, 0.25) is 0 Å². The highest BCUT2D eigenvalue weighted by Gasteiger charge is 2.14. The fourth-order valence-corrected chi connectivity index (χ4v) is 1.24. The summed E-state index contributed by atoms with van der Waals surface area (Å²) in [5.74, 6) is 0.396. The number of carbonyl (C=O) groups is 1. The summed E-state index contributed by atoms with van der Waals surface area (Å²) >= 11 is 0. The molecular formula is C13H18N2O2. The molecule has 1 rings (SSSR count). The third kappa shape index (κ3) is 4.36. The van der Waals surface area contributed by atoms with E-state index in [4.69, 9.17) is 4.74 Å². The number of hydrogen-bond donors (Lipinski definition) is 1. The summed E-state index contributed by atoms with van der Waals surface area (Å²) in [6.07, 6.45) is 3.65. The first-order valence-electron chi connectivity index (χ1n) is 5.60. The molecule has 0 saturated carbocycles. The number of carbonyl (C=O) groups excluding carboxylic acids is 1. The van der Waals surface area contributed by atoms with E-state index in [1.54, 1.807) is 19.2 Å². The minimum Gasteiger partial charge on any atom is -0.368 e. The average Bonchev–Trinajstić information content (AvgIpc) is 2.32. The maximum atomic E-state index is 11.8. The average molecular weight is 234 g/mol. The third-order valence-corrected chi connectivity index (χ3v) is 2.31. The van der Waals surface area contributed by atoms with Crippen molar-refractivity contribution in [3.63, 3.8) is 0 Å². The first kappa shape index (κ1) is 13.4. The van der Waals surface area contributed by atoms with Crippen molar-refractivity contribution in [1.29, 1.82) is 0 Å². The number of pyridine rings is 1. The standard InChI is InChI=1S/C13H18N2O2/c1-4-5-9-17-11(3)13(16)15-12-10(2)7-6-8-14-12/h4,6-8,11H,1,5,9H2,2-3H3,(H,14,15,16). The van der Waals surface area contributed by atoms with Gasteiger partial charge in [0.05, 0.1) is 6.61 Å². The first-order valence-corrected chi connectivity index (χ1v) is 5.60. The molecule has 1 atom stereocenters. The van der Waals surface area contributed by atoms with Crippen molar-refractivity contribution in [3.05, 3.63) is 36.5 Å². The molecule has 0 aliphatic rings. The highest BCUT2D eigenvalue weighted by atomic mass is 16.5. The predicted molar refractivity (Wildman–Crippen MR) is 67.8 cm³/mol. The Morgan fingerprint density at radius 2 is 2.47 bits per heavy atom. The Morgan fingerprint density at radius 1 is 1.71 bits per heavy atom. The number of hydrogen-bond acceptors (Lipinski definition) is 3. The minimum atomic E-state index is -0.489. The van der Waals surface area contributed by atoms with Crippen LogP contribution in [0.15, 0.2) is 31.0 Å². The number of aromatic nitrogens is 1. The number of anilines is 1. The van der Waals surface area contributed by atoms with Crippen LogP contribution in [0.3, 0.4) is 0 Å². The van der Waals surface area contributed by atoms with Gasteiger partial charge >= 0.3 is 0 Å². The molecule has 17 heavy (non-hydrogen) atoms. The van der Waals surface area contributed by atoms with Crippen molar-refractivity contribution in [3.8, 4) is 0 Å². The SMILES string of the molecule is C=CCCOC(C)C(=O)Nc1ncccc1C. The summed E-state index contributed by atoms with van der Waals surface area (Å²) in [5.41, 5.74) is 0.930. The third-order valence-electron chi connectivity index (χ3n) is 2.31. The van der Waals surface area contributed by atoms with Crippen molar-refractivity contribution in [1.82, 2.24) is 4.98 Å². The predicted octanol–water partition coefficient (Wildman–Crippen LogP) is 2.31. The van der Waals surface area contributed by atoms with Gasteiger partial charge in [-0.2, -0.15) is 0 Å². The molecule has 4 heteroatoms. The van der Waals surface area contributed by atoms with Crippen molar-refractivity contribution < 1.29 is 9.53 Å². The van der Waals surface area contributed by atoms with Gasteiger partial charge in [0.1, 0.15) is 11.9 Å². The molecule has 0 aliphatic carbocycles. The largest absolute Gasteiger partial charge is 0.368 e. The smallest absolute Gasteiger partial charge is 0.254 e. The molecule has 1 unspecified atom stereocenters. The highest BCUT2D eigenvalue weighted by molar-refractivity contribution is 5.93. The lowest BCUT2D eigenvalue weighted by Crippen LogP contribution is -2.28. The van der Waals surface area contributed by atoms with Crippen molar-refractivity contribution in [2.45, 2.75) is 26.4 Å². The van der Waals surface area contributed by atoms with Gasteiger partial charge in [-0.15, -0.1) is 6.58 Å². The Bertz CT molecular complexity index is 391. The first-order chi connectivity index (χ1) is 8.15. The van der Waals surface area contributed by atoms with Crippen LogP contribution < -0.4 is 5.32 Å². The molecular weight excluding hydrogens is 216 g/mol. The summed E-state index contributed by atoms with van der Waals surface area (Å²) in [6.45, 7) is 7.70. The highest BCUT2D eigenvalue weighted by Crippen LogP contribution is 2.10. The van der Waals surface area contributed by atoms with Crippen LogP contribution in [0.2, 0.25) is 0 Å². The lowest BCUT2D eigenvalue weighted by molar-refractivity contribution is -0.126. The molecule has 1 aromatic rings. The van der Waals surface area contributed by atoms with Gasteiger partial charge in [-0.25, -0.2) is 4.98 Å². The normalized spacial score (nSPS) is 11.9. The quantitative estimate of drug-likeness (QED) is 0.607. The zero-order chi connectivity index (χ0) is 12.7. The number of rotatable bonds is 6. The van der Waals surface area contributed by atoms with Crippen LogP contribution in [0.4, 0.5) is 5.82 Å². The second-order valence-corrected chi connectivity index (χ2v) is 3.75. The zero-order valence-corrected chi connectivity index (χ0v) is 10.3. The summed E-state index contributed by atoms with van der Waals surface area (Å²) in [7, 11) is 0. The van der Waals surface area contributed by atoms with Crippen LogP contribution in [0.25, 0.3) is 0 Å². The molecule has 1 aromatic heterocycles. The summed E-state index contributed by atoms with van der Waals surface area (Å²) < 4.78 is 5.35. The van der Waals surface area contributed by atoms with E-state index in [-0.39, 0.29) is 5.91 Å². The number of nitrogens with zero attached hydrogens (tertiary/aromatic N) is 1. The van der Waals surface area contributed by atoms with Crippen molar-refractivity contribution in [2.24, 2.45) is 0 Å². The molecule has 0 bridgehead atoms. The molecule has 92 valence electrons. The lowest BCUT2D eigenvalue weighted by Gasteiger charge is -2.13. The van der Waals surface area contributed by atoms with Gasteiger partial charge < -0.3 is 10.1 Å². The van der Waals surface area contributed by atoms with Gasteiger partial charge in [-0.1, -0.05) is 12.1 Å². The minimum absolute atomic E-state index is 0.184. The summed E-state index contributed by atoms with van der Waals surface area (Å²) in [4.78, 5) is 15.9. The fourth-order valence-electron chi connectivity index (χ4n) is 1.24. The molecule has 0 aromatic carbocycles. The van der Waals surface area contributed by atoms with Gasteiger partial charge in [0, 0.05) is 6.20 Å². The second kappa shape index (κ2) is 6.81. The van der Waals surface area contributed by atoms with Gasteiger partial charge in [-0.05, 0) is 31.9 Å². The fraction of sp³-hybridized carbons (Fsp3) is 0.385. The number of amides is 1. The van der Waals surface area contributed by atoms with Gasteiger partial charge in [0.15, 0.2) is 0 Å². The van der Waals surface area contributed by atoms with Gasteiger partial charge in [-0.3, -0.25) is 4.79 Å². The van der Waals surface area contributed by atoms with Crippen LogP contribution >= 0.6 is 0 Å². The van der Waals surface area contributed by atoms with E-state index in [1.807, 2.05) is 19.1 Å². The van der Waals surface area contributed by atoms with Crippen LogP contribution in [-0.4, -0.2) is 23.6 Å². The van der Waals surface area contributed by atoms with Crippen molar-refractivity contribution in [2.75, 3.05) is 11.9 Å². The topological polar surface area (TPSA) is 51.2 Å². The van der Waals surface area contributed by atoms with Crippen LogP contribution in [0, 0.1) is 6.92 Å². The van der Waals surface area contributed by atoms with E-state index >= 15 is 0 Å². The lowest BCUT2D eigenvalue weighted by atomic mass is 10.3. The maximum Gasteiger partial charge on any atom is 0.254 e. The van der Waals surface area contributed by atoms with E-state index < -0.39 is 6.10 Å². The van der Waals surface area contributed by atoms with E-state index in [2.05, 4.69) is 16.9 Å². The van der Waals surface area contributed by atoms with E-state index in [9.17, 15) is 4.79 Å². The van der Waals surface area contributed by atoms with Crippen molar-refractivity contribution >= 4 is 11.7 Å². The Labute approximate surface area is 102 Å². The molecule has 1 heterocycles. The Hall–Kier alpha value is -1.68. The molecule has 0 aliphatic heterocycles. The van der Waals surface area contributed by atoms with E-state index in [0.717, 1.165) is 12.0 Å². The van der Waals surface area contributed by atoms with E-state index in [0.29, 0.717) is 12.4 Å². The number of nitrogens with one attached hydrogen (secondary N) is 1. The Kier molecular flexibility index (Phi) is 5.36. The van der Waals surface area contributed by atoms with E-state index in [1.165, 1.54) is 0 Å². The summed E-state index contributed by atoms with van der Waals surface area (Å²) in [5, 5.41) is 2.74.